The number of H-pyrrole nitrogens is 1. The molecule has 2 aliphatic rings. The van der Waals surface area contributed by atoms with Crippen LogP contribution >= 0.6 is 11.6 Å². The van der Waals surface area contributed by atoms with Crippen LogP contribution in [0.4, 0.5) is 19.0 Å². The number of nitrogens with one attached hydrogen (secondary N) is 2. The summed E-state index contributed by atoms with van der Waals surface area (Å²) >= 11 is 5.82. The monoisotopic (exact) mass is 561 g/mol. The molecular weight excluding hydrogens is 531 g/mol. The maximum Gasteiger partial charge on any atom is 0.417 e. The number of aromatic amines is 1. The van der Waals surface area contributed by atoms with Crippen LogP contribution < -0.4 is 11.1 Å². The van der Waals surface area contributed by atoms with Gasteiger partial charge in [-0.15, -0.1) is 0 Å². The Hall–Kier alpha value is -2.89. The third-order valence-electron chi connectivity index (χ3n) is 8.41. The van der Waals surface area contributed by atoms with Crippen LogP contribution in [0.2, 0.25) is 5.02 Å². The Kier molecular flexibility index (Phi) is 6.93. The Balaban J connectivity index is 0.937. The predicted molar refractivity (Wildman–Crippen MR) is 143 cm³/mol. The maximum atomic E-state index is 13.1. The summed E-state index contributed by atoms with van der Waals surface area (Å²) in [6, 6.07) is 4.20. The smallest absolute Gasteiger partial charge is 0.391 e. The highest BCUT2D eigenvalue weighted by molar-refractivity contribution is 6.32. The molecule has 4 aromatic rings. The second-order valence-corrected chi connectivity index (χ2v) is 11.5. The first kappa shape index (κ1) is 26.3. The Morgan fingerprint density at radius 2 is 1.87 bits per heavy atom. The molecule has 2 saturated carbocycles. The first-order valence-electron chi connectivity index (χ1n) is 13.4. The molecule has 1 aromatic carbocycles. The van der Waals surface area contributed by atoms with E-state index < -0.39 is 17.8 Å². The number of alkyl halides is 3. The van der Waals surface area contributed by atoms with Crippen LogP contribution in [0.25, 0.3) is 22.1 Å². The lowest BCUT2D eigenvalue weighted by atomic mass is 9.72. The topological polar surface area (TPSA) is 118 Å². The number of rotatable bonds is 8. The number of nitrogen functional groups attached to an aromatic ring is 1. The molecule has 208 valence electrons. The highest BCUT2D eigenvalue weighted by atomic mass is 35.5. The minimum atomic E-state index is -4.49. The first-order chi connectivity index (χ1) is 18.7. The fourth-order valence-corrected chi connectivity index (χ4v) is 6.61. The van der Waals surface area contributed by atoms with Crippen molar-refractivity contribution in [2.24, 2.45) is 17.8 Å². The highest BCUT2D eigenvalue weighted by Gasteiger charge is 2.36. The number of aromatic nitrogens is 5. The number of nitrogens with two attached hydrogens (primary N) is 1. The summed E-state index contributed by atoms with van der Waals surface area (Å²) in [5.74, 6) is 2.74. The maximum absolute atomic E-state index is 13.1. The van der Waals surface area contributed by atoms with E-state index in [9.17, 15) is 18.3 Å². The number of aliphatic hydroxyl groups is 1. The number of hydrogen-bond acceptors (Lipinski definition) is 6. The molecule has 3 aromatic heterocycles. The molecule has 0 radical (unpaired) electrons. The van der Waals surface area contributed by atoms with Crippen LogP contribution in [0.5, 0.6) is 0 Å². The van der Waals surface area contributed by atoms with E-state index in [1.165, 1.54) is 12.4 Å². The minimum absolute atomic E-state index is 0.0222. The third kappa shape index (κ3) is 5.31. The molecule has 0 amide bonds. The van der Waals surface area contributed by atoms with Crippen molar-refractivity contribution in [3.05, 3.63) is 47.1 Å². The van der Waals surface area contributed by atoms with Gasteiger partial charge in [-0.25, -0.2) is 15.0 Å². The van der Waals surface area contributed by atoms with Crippen LogP contribution in [0.15, 0.2) is 30.7 Å². The van der Waals surface area contributed by atoms with E-state index in [0.717, 1.165) is 62.3 Å². The quantitative estimate of drug-likeness (QED) is 0.237. The molecule has 5 N–H and O–H groups in total. The molecule has 0 aliphatic heterocycles. The van der Waals surface area contributed by atoms with Gasteiger partial charge < -0.3 is 25.7 Å². The standard InChI is InChI=1S/C27H31ClF3N7O/c28-19-10-21-20(9-18(19)27(29,30)31)36-24(37-21)2-1-14-5-15(6-14)11-33-12-16-7-22(23(39)8-16)38-4-3-17-25(32)34-13-35-26(17)38/h3-4,9-10,13-16,22-23,33,39H,1-2,5-8,11-12H2,(H,36,37)(H2,32,34,35)/t14?,15?,16-,22+,23+/m0/s1. The van der Waals surface area contributed by atoms with Crippen molar-refractivity contribution in [3.8, 4) is 0 Å². The van der Waals surface area contributed by atoms with Gasteiger partial charge in [0.25, 0.3) is 0 Å². The van der Waals surface area contributed by atoms with Crippen LogP contribution in [-0.4, -0.2) is 48.8 Å². The number of nitrogens with zero attached hydrogens (tertiary/aromatic N) is 4. The number of anilines is 1. The Morgan fingerprint density at radius 1 is 1.10 bits per heavy atom. The second-order valence-electron chi connectivity index (χ2n) is 11.1. The van der Waals surface area contributed by atoms with Crippen molar-refractivity contribution in [2.75, 3.05) is 18.8 Å². The van der Waals surface area contributed by atoms with Crippen molar-refractivity contribution in [2.45, 2.75) is 56.8 Å². The normalized spacial score (nSPS) is 25.5. The summed E-state index contributed by atoms with van der Waals surface area (Å²) in [4.78, 5) is 15.9. The lowest BCUT2D eigenvalue weighted by molar-refractivity contribution is -0.137. The van der Waals surface area contributed by atoms with E-state index >= 15 is 0 Å². The lowest BCUT2D eigenvalue weighted by Crippen LogP contribution is -2.35. The SMILES string of the molecule is Nc1ncnc2c1ccn2[C@@H]1C[C@H](CNCC2CC(CCc3nc4cc(Cl)c(C(F)(F)F)cc4[nH]3)C2)C[C@H]1O. The molecule has 8 nitrogen and oxygen atoms in total. The van der Waals surface area contributed by atoms with E-state index in [1.807, 2.05) is 16.8 Å². The van der Waals surface area contributed by atoms with Gasteiger partial charge in [-0.05, 0) is 81.1 Å². The number of hydrogen-bond donors (Lipinski definition) is 4. The largest absolute Gasteiger partial charge is 0.417 e. The summed E-state index contributed by atoms with van der Waals surface area (Å²) in [7, 11) is 0. The lowest BCUT2D eigenvalue weighted by Gasteiger charge is -2.35. The zero-order valence-corrected chi connectivity index (χ0v) is 22.0. The van der Waals surface area contributed by atoms with Crippen molar-refractivity contribution in [3.63, 3.8) is 0 Å². The third-order valence-corrected chi connectivity index (χ3v) is 8.72. The van der Waals surface area contributed by atoms with Gasteiger partial charge in [0.1, 0.15) is 23.6 Å². The van der Waals surface area contributed by atoms with Crippen LogP contribution in [0.3, 0.4) is 0 Å². The second kappa shape index (κ2) is 10.3. The van der Waals surface area contributed by atoms with Crippen LogP contribution in [0, 0.1) is 17.8 Å². The number of fused-ring (bicyclic) bond motifs is 2. The van der Waals surface area contributed by atoms with Gasteiger partial charge in [-0.1, -0.05) is 11.6 Å². The number of benzene rings is 1. The summed E-state index contributed by atoms with van der Waals surface area (Å²) < 4.78 is 41.4. The average molecular weight is 562 g/mol. The van der Waals surface area contributed by atoms with Crippen LogP contribution in [0.1, 0.15) is 49.5 Å². The van der Waals surface area contributed by atoms with Gasteiger partial charge in [0.05, 0.1) is 39.2 Å². The van der Waals surface area contributed by atoms with Crippen molar-refractivity contribution >= 4 is 39.5 Å². The molecule has 39 heavy (non-hydrogen) atoms. The minimum Gasteiger partial charge on any atom is -0.391 e. The van der Waals surface area contributed by atoms with Crippen molar-refractivity contribution < 1.29 is 18.3 Å². The first-order valence-corrected chi connectivity index (χ1v) is 13.7. The van der Waals surface area contributed by atoms with Crippen molar-refractivity contribution in [1.82, 2.24) is 29.8 Å². The zero-order valence-electron chi connectivity index (χ0n) is 21.3. The molecule has 0 spiro atoms. The van der Waals surface area contributed by atoms with Gasteiger partial charge in [0.15, 0.2) is 0 Å². The molecule has 6 rings (SSSR count). The van der Waals surface area contributed by atoms with Gasteiger partial charge >= 0.3 is 6.18 Å². The zero-order chi connectivity index (χ0) is 27.3. The molecule has 0 saturated heterocycles. The average Bonchev–Trinajstić information content (AvgIpc) is 3.55. The summed E-state index contributed by atoms with van der Waals surface area (Å²) in [5.41, 5.74) is 6.70. The van der Waals surface area contributed by atoms with Gasteiger partial charge in [-0.2, -0.15) is 13.2 Å². The van der Waals surface area contributed by atoms with Crippen molar-refractivity contribution in [1.29, 1.82) is 0 Å². The number of aliphatic hydroxyl groups excluding tert-OH is 1. The fraction of sp³-hybridized carbons (Fsp3) is 0.519. The predicted octanol–water partition coefficient (Wildman–Crippen LogP) is 5.12. The van der Waals surface area contributed by atoms with E-state index in [2.05, 4.69) is 25.3 Å². The molecular formula is C27H31ClF3N7O. The fourth-order valence-electron chi connectivity index (χ4n) is 6.35. The molecule has 3 heterocycles. The Bertz CT molecular complexity index is 1480. The van der Waals surface area contributed by atoms with Gasteiger partial charge in [0.2, 0.25) is 0 Å². The Labute approximate surface area is 228 Å². The molecule has 2 fully saturated rings. The van der Waals surface area contributed by atoms with E-state index in [-0.39, 0.29) is 11.1 Å². The van der Waals surface area contributed by atoms with Crippen LogP contribution in [-0.2, 0) is 12.6 Å². The molecule has 3 atom stereocenters. The molecule has 12 heteroatoms. The van der Waals surface area contributed by atoms with E-state index in [1.54, 1.807) is 0 Å². The Morgan fingerprint density at radius 3 is 2.64 bits per heavy atom. The summed E-state index contributed by atoms with van der Waals surface area (Å²) in [6.07, 6.45) is 4.01. The van der Waals surface area contributed by atoms with Gasteiger partial charge in [0, 0.05) is 12.6 Å². The van der Waals surface area contributed by atoms with E-state index in [0.29, 0.717) is 46.9 Å². The summed E-state index contributed by atoms with van der Waals surface area (Å²) in [6.45, 7) is 1.82. The number of imidazole rings is 1. The number of halogens is 4. The molecule has 2 aliphatic carbocycles. The van der Waals surface area contributed by atoms with Gasteiger partial charge in [-0.3, -0.25) is 0 Å². The van der Waals surface area contributed by atoms with E-state index in [4.69, 9.17) is 17.3 Å². The summed E-state index contributed by atoms with van der Waals surface area (Å²) in [5, 5.41) is 14.8. The molecule has 0 bridgehead atoms. The molecule has 0 unspecified atom stereocenters. The highest BCUT2D eigenvalue weighted by Crippen LogP contribution is 2.39. The number of aryl methyl sites for hydroxylation is 1.